The smallest absolute Gasteiger partial charge is 0.209 e. The van der Waals surface area contributed by atoms with E-state index in [1.165, 1.54) is 17.4 Å². The lowest BCUT2D eigenvalue weighted by Crippen LogP contribution is -2.48. The Morgan fingerprint density at radius 2 is 1.61 bits per heavy atom. The van der Waals surface area contributed by atoms with E-state index < -0.39 is 10.0 Å². The second-order valence-electron chi connectivity index (χ2n) is 9.74. The first-order valence-corrected chi connectivity index (χ1v) is 14.3. The molecule has 0 aromatic heterocycles. The van der Waals surface area contributed by atoms with Gasteiger partial charge in [0.25, 0.3) is 0 Å². The van der Waals surface area contributed by atoms with Crippen LogP contribution >= 0.6 is 0 Å². The molecule has 0 radical (unpaired) electrons. The van der Waals surface area contributed by atoms with Gasteiger partial charge in [0, 0.05) is 18.6 Å². The molecule has 0 spiro atoms. The summed E-state index contributed by atoms with van der Waals surface area (Å²) in [5, 5.41) is 0. The van der Waals surface area contributed by atoms with Crippen molar-refractivity contribution in [1.29, 1.82) is 0 Å². The van der Waals surface area contributed by atoms with Crippen molar-refractivity contribution in [3.63, 3.8) is 0 Å². The maximum atomic E-state index is 12.1. The fourth-order valence-corrected chi connectivity index (χ4v) is 6.47. The molecule has 1 aliphatic carbocycles. The molecule has 3 atom stereocenters. The van der Waals surface area contributed by atoms with Crippen molar-refractivity contribution in [3.8, 4) is 0 Å². The zero-order valence-electron chi connectivity index (χ0n) is 19.9. The maximum absolute atomic E-state index is 12.1. The molecule has 4 rings (SSSR count). The summed E-state index contributed by atoms with van der Waals surface area (Å²) in [6.45, 7) is 3.57. The SMILES string of the molecule is CCC1CC(NS(C)(=O)=O)C(COC2CCC(c3ccccc3)CC2)N1Cc1ccccc1. The van der Waals surface area contributed by atoms with E-state index in [1.807, 2.05) is 6.07 Å². The number of ether oxygens (including phenoxy) is 1. The highest BCUT2D eigenvalue weighted by Gasteiger charge is 2.42. The van der Waals surface area contributed by atoms with Crippen molar-refractivity contribution in [2.75, 3.05) is 12.9 Å². The molecule has 1 aliphatic heterocycles. The van der Waals surface area contributed by atoms with Gasteiger partial charge in [-0.3, -0.25) is 4.90 Å². The minimum absolute atomic E-state index is 0.0386. The lowest BCUT2D eigenvalue weighted by molar-refractivity contribution is -0.0124. The third kappa shape index (κ3) is 6.66. The van der Waals surface area contributed by atoms with E-state index in [2.05, 4.69) is 71.1 Å². The van der Waals surface area contributed by atoms with Crippen LogP contribution in [-0.2, 0) is 21.3 Å². The fraction of sp³-hybridized carbons (Fsp3) is 0.556. The Balaban J connectivity index is 1.41. The normalized spacial score (nSPS) is 28.7. The summed E-state index contributed by atoms with van der Waals surface area (Å²) in [6, 6.07) is 21.5. The van der Waals surface area contributed by atoms with Gasteiger partial charge in [-0.1, -0.05) is 67.6 Å². The third-order valence-corrected chi connectivity index (χ3v) is 8.11. The van der Waals surface area contributed by atoms with Crippen molar-refractivity contribution in [2.45, 2.75) is 82.1 Å². The minimum Gasteiger partial charge on any atom is -0.377 e. The average molecular weight is 471 g/mol. The van der Waals surface area contributed by atoms with Crippen LogP contribution < -0.4 is 4.72 Å². The summed E-state index contributed by atoms with van der Waals surface area (Å²) in [5.41, 5.74) is 2.69. The highest BCUT2D eigenvalue weighted by Crippen LogP contribution is 2.35. The van der Waals surface area contributed by atoms with Crippen molar-refractivity contribution >= 4 is 10.0 Å². The van der Waals surface area contributed by atoms with Gasteiger partial charge in [0.15, 0.2) is 0 Å². The molecule has 1 saturated carbocycles. The Morgan fingerprint density at radius 1 is 0.970 bits per heavy atom. The number of rotatable bonds is 9. The number of nitrogens with one attached hydrogen (secondary N) is 1. The van der Waals surface area contributed by atoms with E-state index in [-0.39, 0.29) is 18.2 Å². The number of hydrogen-bond acceptors (Lipinski definition) is 4. The van der Waals surface area contributed by atoms with E-state index in [4.69, 9.17) is 4.74 Å². The highest BCUT2D eigenvalue weighted by molar-refractivity contribution is 7.88. The standard InChI is InChI=1S/C27H38N2O3S/c1-3-24-18-26(28-33(2,30)31)27(29(24)19-21-10-6-4-7-11-21)20-32-25-16-14-23(15-17-25)22-12-8-5-9-13-22/h4-13,23-28H,3,14-20H2,1-2H3. The van der Waals surface area contributed by atoms with Gasteiger partial charge in [0.1, 0.15) is 0 Å². The van der Waals surface area contributed by atoms with Gasteiger partial charge in [-0.2, -0.15) is 0 Å². The molecular formula is C27H38N2O3S. The predicted octanol–water partition coefficient (Wildman–Crippen LogP) is 4.70. The average Bonchev–Trinajstić information content (AvgIpc) is 3.13. The Hall–Kier alpha value is -1.73. The Bertz CT molecular complexity index is 959. The van der Waals surface area contributed by atoms with Crippen LogP contribution in [0.3, 0.4) is 0 Å². The number of hydrogen-bond donors (Lipinski definition) is 1. The first-order chi connectivity index (χ1) is 15.9. The molecule has 2 aromatic rings. The van der Waals surface area contributed by atoms with Crippen molar-refractivity contribution in [1.82, 2.24) is 9.62 Å². The predicted molar refractivity (Wildman–Crippen MR) is 134 cm³/mol. The molecule has 0 amide bonds. The minimum atomic E-state index is -3.28. The highest BCUT2D eigenvalue weighted by atomic mass is 32.2. The number of likely N-dealkylation sites (tertiary alicyclic amines) is 1. The van der Waals surface area contributed by atoms with Crippen LogP contribution in [0, 0.1) is 0 Å². The molecule has 2 fully saturated rings. The molecule has 2 aromatic carbocycles. The van der Waals surface area contributed by atoms with Gasteiger partial charge in [-0.25, -0.2) is 13.1 Å². The van der Waals surface area contributed by atoms with E-state index in [9.17, 15) is 8.42 Å². The molecule has 0 bridgehead atoms. The van der Waals surface area contributed by atoms with Crippen molar-refractivity contribution in [2.24, 2.45) is 0 Å². The summed E-state index contributed by atoms with van der Waals surface area (Å²) in [7, 11) is -3.28. The Kier molecular flexibility index (Phi) is 8.23. The Morgan fingerprint density at radius 3 is 2.21 bits per heavy atom. The molecular weight excluding hydrogens is 432 g/mol. The summed E-state index contributed by atoms with van der Waals surface area (Å²) < 4.78 is 33.6. The van der Waals surface area contributed by atoms with Crippen LogP contribution in [-0.4, -0.2) is 50.4 Å². The van der Waals surface area contributed by atoms with Gasteiger partial charge in [0.05, 0.1) is 25.0 Å². The number of nitrogens with zero attached hydrogens (tertiary/aromatic N) is 1. The summed E-state index contributed by atoms with van der Waals surface area (Å²) >= 11 is 0. The quantitative estimate of drug-likeness (QED) is 0.577. The van der Waals surface area contributed by atoms with E-state index in [0.29, 0.717) is 18.6 Å². The summed E-state index contributed by atoms with van der Waals surface area (Å²) in [5.74, 6) is 0.622. The molecule has 2 aliphatic rings. The first kappa shape index (κ1) is 24.4. The molecule has 1 N–H and O–H groups in total. The third-order valence-electron chi connectivity index (χ3n) is 7.38. The van der Waals surface area contributed by atoms with Gasteiger partial charge >= 0.3 is 0 Å². The van der Waals surface area contributed by atoms with Crippen LogP contribution in [0.15, 0.2) is 60.7 Å². The molecule has 5 nitrogen and oxygen atoms in total. The molecule has 3 unspecified atom stereocenters. The van der Waals surface area contributed by atoms with Gasteiger partial charge in [0.2, 0.25) is 10.0 Å². The van der Waals surface area contributed by atoms with Crippen LogP contribution in [0.25, 0.3) is 0 Å². The second-order valence-corrected chi connectivity index (χ2v) is 11.5. The fourth-order valence-electron chi connectivity index (χ4n) is 5.67. The molecule has 180 valence electrons. The molecule has 6 heteroatoms. The largest absolute Gasteiger partial charge is 0.377 e. The van der Waals surface area contributed by atoms with Crippen LogP contribution in [0.5, 0.6) is 0 Å². The topological polar surface area (TPSA) is 58.6 Å². The van der Waals surface area contributed by atoms with Crippen LogP contribution in [0.1, 0.15) is 62.5 Å². The van der Waals surface area contributed by atoms with Gasteiger partial charge in [-0.15, -0.1) is 0 Å². The van der Waals surface area contributed by atoms with E-state index >= 15 is 0 Å². The molecule has 33 heavy (non-hydrogen) atoms. The number of sulfonamides is 1. The van der Waals surface area contributed by atoms with E-state index in [1.54, 1.807) is 0 Å². The molecule has 1 heterocycles. The lowest BCUT2D eigenvalue weighted by atomic mass is 9.83. The van der Waals surface area contributed by atoms with Gasteiger partial charge < -0.3 is 4.74 Å². The summed E-state index contributed by atoms with van der Waals surface area (Å²) in [6.07, 6.45) is 7.75. The second kappa shape index (κ2) is 11.1. The summed E-state index contributed by atoms with van der Waals surface area (Å²) in [4.78, 5) is 2.47. The maximum Gasteiger partial charge on any atom is 0.209 e. The number of benzene rings is 2. The zero-order chi connectivity index (χ0) is 23.3. The molecule has 1 saturated heterocycles. The van der Waals surface area contributed by atoms with Crippen LogP contribution in [0.4, 0.5) is 0 Å². The monoisotopic (exact) mass is 470 g/mol. The Labute approximate surface area is 199 Å². The first-order valence-electron chi connectivity index (χ1n) is 12.4. The van der Waals surface area contributed by atoms with Crippen molar-refractivity contribution < 1.29 is 13.2 Å². The van der Waals surface area contributed by atoms with Crippen LogP contribution in [0.2, 0.25) is 0 Å². The van der Waals surface area contributed by atoms with Gasteiger partial charge in [-0.05, 0) is 55.6 Å². The lowest BCUT2D eigenvalue weighted by Gasteiger charge is -2.34. The van der Waals surface area contributed by atoms with Crippen molar-refractivity contribution in [3.05, 3.63) is 71.8 Å². The zero-order valence-corrected chi connectivity index (χ0v) is 20.7. The van der Waals surface area contributed by atoms with E-state index in [0.717, 1.165) is 45.1 Å².